The average Bonchev–Trinajstić information content (AvgIpc) is 2.90. The highest BCUT2D eigenvalue weighted by molar-refractivity contribution is 9.10. The Hall–Kier alpha value is -0.660. The van der Waals surface area contributed by atoms with Crippen molar-refractivity contribution in [3.63, 3.8) is 0 Å². The van der Waals surface area contributed by atoms with Crippen LogP contribution in [0.3, 0.4) is 0 Å². The van der Waals surface area contributed by atoms with Crippen LogP contribution in [0.5, 0.6) is 0 Å². The summed E-state index contributed by atoms with van der Waals surface area (Å²) in [6.07, 6.45) is 1.57. The number of sulfonamides is 1. The van der Waals surface area contributed by atoms with Gasteiger partial charge in [0, 0.05) is 22.4 Å². The first-order chi connectivity index (χ1) is 9.95. The molecular weight excluding hydrogens is 394 g/mol. The highest BCUT2D eigenvalue weighted by Gasteiger charge is 2.26. The smallest absolute Gasteiger partial charge is 0.207 e. The van der Waals surface area contributed by atoms with Crippen molar-refractivity contribution >= 4 is 48.9 Å². The Kier molecular flexibility index (Phi) is 5.62. The van der Waals surface area contributed by atoms with Crippen molar-refractivity contribution in [1.29, 1.82) is 0 Å². The van der Waals surface area contributed by atoms with E-state index in [1.165, 1.54) is 21.7 Å². The summed E-state index contributed by atoms with van der Waals surface area (Å²) in [7, 11) is -3.67. The van der Waals surface area contributed by atoms with Gasteiger partial charge in [-0.1, -0.05) is 39.7 Å². The number of benzene rings is 1. The van der Waals surface area contributed by atoms with Crippen LogP contribution >= 0.6 is 38.9 Å². The maximum Gasteiger partial charge on any atom is 0.245 e. The largest absolute Gasteiger partial charge is 0.245 e. The molecule has 2 rings (SSSR count). The molecule has 1 aromatic heterocycles. The highest BCUT2D eigenvalue weighted by atomic mass is 79.9. The molecule has 0 bridgehead atoms. The number of rotatable bonds is 6. The molecule has 21 heavy (non-hydrogen) atoms. The molecule has 0 fully saturated rings. The number of hydrogen-bond donors (Lipinski definition) is 0. The van der Waals surface area contributed by atoms with Gasteiger partial charge in [-0.05, 0) is 29.6 Å². The van der Waals surface area contributed by atoms with Crippen LogP contribution < -0.4 is 0 Å². The van der Waals surface area contributed by atoms with Crippen LogP contribution in [0.15, 0.2) is 57.7 Å². The summed E-state index contributed by atoms with van der Waals surface area (Å²) in [5.74, 6) is 0. The van der Waals surface area contributed by atoms with Crippen molar-refractivity contribution in [2.75, 3.05) is 6.54 Å². The number of halogens is 2. The molecule has 2 aromatic rings. The van der Waals surface area contributed by atoms with Crippen molar-refractivity contribution in [3.8, 4) is 0 Å². The van der Waals surface area contributed by atoms with Gasteiger partial charge < -0.3 is 0 Å². The molecule has 0 aliphatic carbocycles. The van der Waals surface area contributed by atoms with E-state index in [-0.39, 0.29) is 16.5 Å². The highest BCUT2D eigenvalue weighted by Crippen LogP contribution is 2.29. The summed E-state index contributed by atoms with van der Waals surface area (Å²) in [5, 5.41) is 2.12. The van der Waals surface area contributed by atoms with Gasteiger partial charge in [0.15, 0.2) is 0 Å². The maximum absolute atomic E-state index is 12.8. The third-order valence-corrected chi connectivity index (χ3v) is 6.41. The lowest BCUT2D eigenvalue weighted by Gasteiger charge is -2.20. The van der Waals surface area contributed by atoms with Crippen molar-refractivity contribution in [3.05, 3.63) is 62.7 Å². The fraction of sp³-hybridized carbons (Fsp3) is 0.143. The molecule has 0 saturated carbocycles. The average molecular weight is 407 g/mol. The van der Waals surface area contributed by atoms with Crippen molar-refractivity contribution in [1.82, 2.24) is 4.31 Å². The second-order valence-electron chi connectivity index (χ2n) is 4.24. The fourth-order valence-electron chi connectivity index (χ4n) is 1.79. The van der Waals surface area contributed by atoms with Gasteiger partial charge in [-0.3, -0.25) is 0 Å². The first-order valence-electron chi connectivity index (χ1n) is 6.03. The SMILES string of the molecule is C=CCN(Cc1cccs1)S(=O)(=O)c1ccc(Br)cc1Cl. The van der Waals surface area contributed by atoms with Gasteiger partial charge >= 0.3 is 0 Å². The molecule has 0 spiro atoms. The minimum atomic E-state index is -3.67. The van der Waals surface area contributed by atoms with Gasteiger partial charge in [-0.25, -0.2) is 8.42 Å². The zero-order chi connectivity index (χ0) is 15.5. The Morgan fingerprint density at radius 1 is 1.38 bits per heavy atom. The van der Waals surface area contributed by atoms with Gasteiger partial charge in [0.05, 0.1) is 5.02 Å². The van der Waals surface area contributed by atoms with E-state index in [1.54, 1.807) is 18.2 Å². The van der Waals surface area contributed by atoms with Gasteiger partial charge in [0.1, 0.15) is 4.90 Å². The topological polar surface area (TPSA) is 37.4 Å². The lowest BCUT2D eigenvalue weighted by Crippen LogP contribution is -2.30. The molecule has 1 aromatic carbocycles. The maximum atomic E-state index is 12.8. The predicted molar refractivity (Wildman–Crippen MR) is 91.3 cm³/mol. The van der Waals surface area contributed by atoms with Gasteiger partial charge in [-0.2, -0.15) is 4.31 Å². The monoisotopic (exact) mass is 405 g/mol. The number of thiophene rings is 1. The number of hydrogen-bond acceptors (Lipinski definition) is 3. The molecule has 0 aliphatic heterocycles. The molecule has 0 saturated heterocycles. The van der Waals surface area contributed by atoms with Crippen LogP contribution in [0.4, 0.5) is 0 Å². The van der Waals surface area contributed by atoms with E-state index in [1.807, 2.05) is 17.5 Å². The van der Waals surface area contributed by atoms with E-state index in [4.69, 9.17) is 11.6 Å². The van der Waals surface area contributed by atoms with Crippen LogP contribution in [-0.4, -0.2) is 19.3 Å². The van der Waals surface area contributed by atoms with E-state index in [2.05, 4.69) is 22.5 Å². The van der Waals surface area contributed by atoms with Crippen LogP contribution in [0.1, 0.15) is 4.88 Å². The Labute approximate surface area is 142 Å². The zero-order valence-electron chi connectivity index (χ0n) is 11.0. The van der Waals surface area contributed by atoms with E-state index >= 15 is 0 Å². The second kappa shape index (κ2) is 7.07. The summed E-state index contributed by atoms with van der Waals surface area (Å²) < 4.78 is 27.6. The molecular formula is C14H13BrClNO2S2. The third-order valence-electron chi connectivity index (χ3n) is 2.76. The Bertz CT molecular complexity index is 729. The van der Waals surface area contributed by atoms with E-state index in [0.29, 0.717) is 6.54 Å². The summed E-state index contributed by atoms with van der Waals surface area (Å²) in [5.41, 5.74) is 0. The van der Waals surface area contributed by atoms with Crippen LogP contribution in [0.2, 0.25) is 5.02 Å². The second-order valence-corrected chi connectivity index (χ2v) is 8.50. The molecule has 0 radical (unpaired) electrons. The van der Waals surface area contributed by atoms with Crippen molar-refractivity contribution in [2.24, 2.45) is 0 Å². The summed E-state index contributed by atoms with van der Waals surface area (Å²) in [4.78, 5) is 1.07. The molecule has 1 heterocycles. The first-order valence-corrected chi connectivity index (χ1v) is 9.52. The van der Waals surface area contributed by atoms with Gasteiger partial charge in [0.2, 0.25) is 10.0 Å². The molecule has 0 amide bonds. The van der Waals surface area contributed by atoms with E-state index in [9.17, 15) is 8.42 Å². The lowest BCUT2D eigenvalue weighted by molar-refractivity contribution is 0.441. The van der Waals surface area contributed by atoms with Crippen molar-refractivity contribution in [2.45, 2.75) is 11.4 Å². The van der Waals surface area contributed by atoms with Crippen LogP contribution in [-0.2, 0) is 16.6 Å². The standard InChI is InChI=1S/C14H13BrClNO2S2/c1-2-7-17(10-12-4-3-8-20-12)21(18,19)14-6-5-11(15)9-13(14)16/h2-6,8-9H,1,7,10H2. The third kappa shape index (κ3) is 3.96. The molecule has 112 valence electrons. The minimum absolute atomic E-state index is 0.103. The summed E-state index contributed by atoms with van der Waals surface area (Å²) >= 11 is 10.9. The summed E-state index contributed by atoms with van der Waals surface area (Å²) in [6, 6.07) is 8.54. The zero-order valence-corrected chi connectivity index (χ0v) is 15.0. The lowest BCUT2D eigenvalue weighted by atomic mass is 10.4. The Morgan fingerprint density at radius 3 is 2.71 bits per heavy atom. The normalized spacial score (nSPS) is 11.8. The van der Waals surface area contributed by atoms with Crippen LogP contribution in [0.25, 0.3) is 0 Å². The fourth-order valence-corrected chi connectivity index (χ4v) is 4.99. The Morgan fingerprint density at radius 2 is 2.14 bits per heavy atom. The first kappa shape index (κ1) is 16.7. The minimum Gasteiger partial charge on any atom is -0.207 e. The predicted octanol–water partition coefficient (Wildman–Crippen LogP) is 4.54. The molecule has 0 unspecified atom stereocenters. The molecule has 0 atom stereocenters. The van der Waals surface area contributed by atoms with Crippen LogP contribution in [0, 0.1) is 0 Å². The molecule has 7 heteroatoms. The Balaban J connectivity index is 2.39. The van der Waals surface area contributed by atoms with E-state index < -0.39 is 10.0 Å². The van der Waals surface area contributed by atoms with Crippen molar-refractivity contribution < 1.29 is 8.42 Å². The van der Waals surface area contributed by atoms with E-state index in [0.717, 1.165) is 9.35 Å². The summed E-state index contributed by atoms with van der Waals surface area (Å²) in [6.45, 7) is 4.16. The van der Waals surface area contributed by atoms with Gasteiger partial charge in [-0.15, -0.1) is 17.9 Å². The van der Waals surface area contributed by atoms with Gasteiger partial charge in [0.25, 0.3) is 0 Å². The molecule has 0 aliphatic rings. The quantitative estimate of drug-likeness (QED) is 0.660. The number of nitrogens with zero attached hydrogens (tertiary/aromatic N) is 1. The molecule has 0 N–H and O–H groups in total. The molecule has 3 nitrogen and oxygen atoms in total.